The Morgan fingerprint density at radius 2 is 1.12 bits per heavy atom. The number of imidazole rings is 2. The van der Waals surface area contributed by atoms with Crippen molar-refractivity contribution in [1.82, 2.24) is 23.8 Å². The first-order valence-corrected chi connectivity index (χ1v) is 13.5. The highest BCUT2D eigenvalue weighted by Gasteiger charge is 2.14. The van der Waals surface area contributed by atoms with E-state index < -0.39 is 0 Å². The molecule has 0 amide bonds. The van der Waals surface area contributed by atoms with Crippen LogP contribution < -0.4 is 4.74 Å². The minimum atomic E-state index is 0.753. The van der Waals surface area contributed by atoms with Crippen molar-refractivity contribution in [3.8, 4) is 22.6 Å². The SMILES string of the molecule is c1ccc(-c2ccc3c4ccc(Oc5ccc6c7ccncc7n7ccnc7c6c5)cc4c4nccn4c3c2)cc1. The maximum atomic E-state index is 6.46. The molecule has 0 saturated carbocycles. The number of nitrogens with zero attached hydrogens (tertiary/aromatic N) is 5. The van der Waals surface area contributed by atoms with E-state index in [1.807, 2.05) is 61.4 Å². The third-order valence-corrected chi connectivity index (χ3v) is 7.99. The molecule has 0 spiro atoms. The van der Waals surface area contributed by atoms with Crippen molar-refractivity contribution < 1.29 is 4.74 Å². The molecule has 5 heterocycles. The van der Waals surface area contributed by atoms with Crippen molar-refractivity contribution in [1.29, 1.82) is 0 Å². The smallest absolute Gasteiger partial charge is 0.145 e. The molecule has 0 N–H and O–H groups in total. The van der Waals surface area contributed by atoms with Crippen molar-refractivity contribution >= 4 is 54.6 Å². The van der Waals surface area contributed by atoms with Crippen molar-refractivity contribution in [2.45, 2.75) is 0 Å². The molecular formula is C35H21N5O. The van der Waals surface area contributed by atoms with E-state index in [9.17, 15) is 0 Å². The summed E-state index contributed by atoms with van der Waals surface area (Å²) < 4.78 is 10.7. The minimum absolute atomic E-state index is 0.753. The van der Waals surface area contributed by atoms with Crippen LogP contribution in [-0.4, -0.2) is 23.8 Å². The monoisotopic (exact) mass is 527 g/mol. The van der Waals surface area contributed by atoms with Gasteiger partial charge in [-0.3, -0.25) is 13.8 Å². The maximum absolute atomic E-state index is 6.46. The summed E-state index contributed by atoms with van der Waals surface area (Å²) in [5, 5.41) is 6.63. The second kappa shape index (κ2) is 8.37. The Morgan fingerprint density at radius 3 is 1.83 bits per heavy atom. The molecule has 5 aromatic heterocycles. The van der Waals surface area contributed by atoms with Gasteiger partial charge in [0.2, 0.25) is 0 Å². The van der Waals surface area contributed by atoms with E-state index in [0.717, 1.165) is 60.8 Å². The topological polar surface area (TPSA) is 56.7 Å². The molecule has 0 fully saturated rings. The second-order valence-corrected chi connectivity index (χ2v) is 10.2. The van der Waals surface area contributed by atoms with Gasteiger partial charge in [0.15, 0.2) is 0 Å². The number of hydrogen-bond acceptors (Lipinski definition) is 4. The van der Waals surface area contributed by atoms with Gasteiger partial charge in [0, 0.05) is 52.5 Å². The molecule has 4 aromatic carbocycles. The van der Waals surface area contributed by atoms with Crippen LogP contribution in [0, 0.1) is 0 Å². The Balaban J connectivity index is 1.18. The van der Waals surface area contributed by atoms with E-state index in [1.54, 1.807) is 0 Å². The number of ether oxygens (including phenoxy) is 1. The molecule has 0 atom stereocenters. The van der Waals surface area contributed by atoms with Crippen LogP contribution in [0.15, 0.2) is 128 Å². The number of aromatic nitrogens is 5. The van der Waals surface area contributed by atoms with Crippen LogP contribution >= 0.6 is 0 Å². The van der Waals surface area contributed by atoms with Crippen LogP contribution in [0.3, 0.4) is 0 Å². The summed E-state index contributed by atoms with van der Waals surface area (Å²) >= 11 is 0. The van der Waals surface area contributed by atoms with Crippen molar-refractivity contribution in [2.24, 2.45) is 0 Å². The lowest BCUT2D eigenvalue weighted by Crippen LogP contribution is -1.93. The lowest BCUT2D eigenvalue weighted by Gasteiger charge is -2.13. The predicted octanol–water partition coefficient (Wildman–Crippen LogP) is 8.45. The molecule has 41 heavy (non-hydrogen) atoms. The Morgan fingerprint density at radius 1 is 0.488 bits per heavy atom. The normalized spacial score (nSPS) is 11.9. The van der Waals surface area contributed by atoms with Gasteiger partial charge < -0.3 is 4.74 Å². The fourth-order valence-corrected chi connectivity index (χ4v) is 6.12. The van der Waals surface area contributed by atoms with Gasteiger partial charge in [0.1, 0.15) is 22.8 Å². The molecule has 9 rings (SSSR count). The van der Waals surface area contributed by atoms with Crippen LogP contribution in [-0.2, 0) is 0 Å². The van der Waals surface area contributed by atoms with E-state index in [1.165, 1.54) is 16.5 Å². The lowest BCUT2D eigenvalue weighted by atomic mass is 10.0. The van der Waals surface area contributed by atoms with Crippen LogP contribution in [0.5, 0.6) is 11.5 Å². The number of fused-ring (bicyclic) bond motifs is 12. The number of pyridine rings is 3. The summed E-state index contributed by atoms with van der Waals surface area (Å²) in [6.45, 7) is 0. The Kier molecular flexibility index (Phi) is 4.51. The summed E-state index contributed by atoms with van der Waals surface area (Å²) in [4.78, 5) is 13.7. The summed E-state index contributed by atoms with van der Waals surface area (Å²) in [5.74, 6) is 1.51. The Labute approximate surface area is 233 Å². The highest BCUT2D eigenvalue weighted by Crippen LogP contribution is 2.36. The average Bonchev–Trinajstić information content (AvgIpc) is 3.73. The Bertz CT molecular complexity index is 2460. The maximum Gasteiger partial charge on any atom is 0.145 e. The van der Waals surface area contributed by atoms with E-state index >= 15 is 0 Å². The van der Waals surface area contributed by atoms with Crippen LogP contribution in [0.1, 0.15) is 0 Å². The quantitative estimate of drug-likeness (QED) is 0.216. The van der Waals surface area contributed by atoms with E-state index in [2.05, 4.69) is 85.5 Å². The molecule has 0 radical (unpaired) electrons. The molecule has 6 nitrogen and oxygen atoms in total. The standard InChI is InChI=1S/C35H21N5O/c1-2-4-22(5-3-1)23-6-9-28-26-10-7-24(19-30(26)34-37-14-16-39(34)32(28)18-23)41-25-8-11-27-29-12-13-36-21-33(29)40-17-15-38-35(40)31(27)20-25/h1-21H. The van der Waals surface area contributed by atoms with Gasteiger partial charge >= 0.3 is 0 Å². The molecule has 0 aliphatic heterocycles. The molecule has 0 bridgehead atoms. The van der Waals surface area contributed by atoms with Gasteiger partial charge in [-0.05, 0) is 70.4 Å². The van der Waals surface area contributed by atoms with Gasteiger partial charge in [0.25, 0.3) is 0 Å². The second-order valence-electron chi connectivity index (χ2n) is 10.2. The van der Waals surface area contributed by atoms with Crippen molar-refractivity contribution in [3.05, 3.63) is 128 Å². The zero-order valence-corrected chi connectivity index (χ0v) is 21.8. The highest BCUT2D eigenvalue weighted by molar-refractivity contribution is 6.13. The fourth-order valence-electron chi connectivity index (χ4n) is 6.12. The lowest BCUT2D eigenvalue weighted by molar-refractivity contribution is 0.484. The summed E-state index contributed by atoms with van der Waals surface area (Å²) in [5.41, 5.74) is 6.31. The summed E-state index contributed by atoms with van der Waals surface area (Å²) in [6.07, 6.45) is 11.4. The minimum Gasteiger partial charge on any atom is -0.457 e. The fraction of sp³-hybridized carbons (Fsp3) is 0. The zero-order chi connectivity index (χ0) is 26.9. The first-order chi connectivity index (χ1) is 20.3. The number of hydrogen-bond donors (Lipinski definition) is 0. The largest absolute Gasteiger partial charge is 0.457 e. The molecule has 0 unspecified atom stereocenters. The van der Waals surface area contributed by atoms with E-state index in [-0.39, 0.29) is 0 Å². The molecule has 192 valence electrons. The molecule has 0 saturated heterocycles. The van der Waals surface area contributed by atoms with E-state index in [4.69, 9.17) is 9.72 Å². The predicted molar refractivity (Wildman–Crippen MR) is 164 cm³/mol. The van der Waals surface area contributed by atoms with Gasteiger partial charge in [0.05, 0.1) is 17.2 Å². The average molecular weight is 528 g/mol. The first-order valence-electron chi connectivity index (χ1n) is 13.5. The summed E-state index contributed by atoms with van der Waals surface area (Å²) in [6, 6.07) is 31.6. The highest BCUT2D eigenvalue weighted by atomic mass is 16.5. The third kappa shape index (κ3) is 3.28. The molecule has 0 aliphatic rings. The first kappa shape index (κ1) is 22.1. The number of rotatable bonds is 3. The van der Waals surface area contributed by atoms with Gasteiger partial charge in [-0.25, -0.2) is 9.97 Å². The van der Waals surface area contributed by atoms with Gasteiger partial charge in [-0.15, -0.1) is 0 Å². The van der Waals surface area contributed by atoms with Gasteiger partial charge in [-0.2, -0.15) is 0 Å². The van der Waals surface area contributed by atoms with Crippen molar-refractivity contribution in [3.63, 3.8) is 0 Å². The molecule has 0 aliphatic carbocycles. The van der Waals surface area contributed by atoms with Gasteiger partial charge in [-0.1, -0.05) is 42.5 Å². The molecular weight excluding hydrogens is 506 g/mol. The van der Waals surface area contributed by atoms with Crippen LogP contribution in [0.2, 0.25) is 0 Å². The summed E-state index contributed by atoms with van der Waals surface area (Å²) in [7, 11) is 0. The number of benzene rings is 4. The van der Waals surface area contributed by atoms with Crippen LogP contribution in [0.25, 0.3) is 65.8 Å². The Hall–Kier alpha value is -5.75. The molecule has 9 aromatic rings. The molecule has 6 heteroatoms. The third-order valence-electron chi connectivity index (χ3n) is 7.99. The van der Waals surface area contributed by atoms with E-state index in [0.29, 0.717) is 0 Å². The zero-order valence-electron chi connectivity index (χ0n) is 21.8. The van der Waals surface area contributed by atoms with Crippen molar-refractivity contribution in [2.75, 3.05) is 0 Å². The van der Waals surface area contributed by atoms with Crippen LogP contribution in [0.4, 0.5) is 0 Å².